The number of nitrogens with zero attached hydrogens (tertiary/aromatic N) is 3. The molecule has 1 fully saturated rings. The second-order valence-corrected chi connectivity index (χ2v) is 5.77. The van der Waals surface area contributed by atoms with Crippen LogP contribution in [0.25, 0.3) is 11.4 Å². The Morgan fingerprint density at radius 2 is 2.13 bits per heavy atom. The average molecular weight is 319 g/mol. The fourth-order valence-electron chi connectivity index (χ4n) is 2.87. The molecule has 1 aliphatic carbocycles. The van der Waals surface area contributed by atoms with Gasteiger partial charge < -0.3 is 19.4 Å². The van der Waals surface area contributed by atoms with Crippen molar-refractivity contribution in [3.63, 3.8) is 0 Å². The van der Waals surface area contributed by atoms with Crippen LogP contribution in [0.15, 0.2) is 29.1 Å². The maximum atomic E-state index is 10.2. The number of rotatable bonds is 6. The summed E-state index contributed by atoms with van der Waals surface area (Å²) in [5.74, 6) is 0.575. The summed E-state index contributed by atoms with van der Waals surface area (Å²) in [4.78, 5) is 10.1. The van der Waals surface area contributed by atoms with E-state index in [4.69, 9.17) is 9.15 Å². The van der Waals surface area contributed by atoms with E-state index >= 15 is 0 Å². The van der Waals surface area contributed by atoms with Gasteiger partial charge in [0.2, 0.25) is 6.41 Å². The van der Waals surface area contributed by atoms with E-state index in [0.717, 1.165) is 12.8 Å². The molecule has 1 aliphatic rings. The van der Waals surface area contributed by atoms with E-state index in [-0.39, 0.29) is 12.4 Å². The van der Waals surface area contributed by atoms with Crippen LogP contribution in [0.2, 0.25) is 0 Å². The van der Waals surface area contributed by atoms with Crippen LogP contribution >= 0.6 is 0 Å². The van der Waals surface area contributed by atoms with Gasteiger partial charge in [0.25, 0.3) is 0 Å². The van der Waals surface area contributed by atoms with Crippen molar-refractivity contribution in [1.29, 1.82) is 0 Å². The topological polar surface area (TPSA) is 91.9 Å². The van der Waals surface area contributed by atoms with Gasteiger partial charge in [-0.3, -0.25) is 9.88 Å². The SMILES string of the molecule is CN(C1CCCC1)C(O)OCc1ocnc1-c1ccc(O)cn1. The number of aromatic nitrogens is 2. The Kier molecular flexibility index (Phi) is 4.90. The Labute approximate surface area is 134 Å². The monoisotopic (exact) mass is 319 g/mol. The van der Waals surface area contributed by atoms with Gasteiger partial charge in [0.1, 0.15) is 18.1 Å². The third-order valence-corrected chi connectivity index (χ3v) is 4.24. The number of ether oxygens (including phenoxy) is 1. The number of pyridine rings is 1. The Hall–Kier alpha value is -1.96. The van der Waals surface area contributed by atoms with E-state index < -0.39 is 6.41 Å². The minimum absolute atomic E-state index is 0.0867. The Bertz CT molecular complexity index is 623. The highest BCUT2D eigenvalue weighted by molar-refractivity contribution is 5.56. The van der Waals surface area contributed by atoms with Crippen molar-refractivity contribution in [1.82, 2.24) is 14.9 Å². The molecule has 1 unspecified atom stereocenters. The molecule has 1 saturated carbocycles. The number of aliphatic hydroxyl groups is 1. The van der Waals surface area contributed by atoms with Crippen molar-refractivity contribution in [3.05, 3.63) is 30.5 Å². The molecule has 23 heavy (non-hydrogen) atoms. The molecule has 0 bridgehead atoms. The van der Waals surface area contributed by atoms with Crippen molar-refractivity contribution in [2.75, 3.05) is 7.05 Å². The van der Waals surface area contributed by atoms with E-state index in [1.165, 1.54) is 31.5 Å². The zero-order chi connectivity index (χ0) is 16.2. The zero-order valence-corrected chi connectivity index (χ0v) is 13.1. The number of oxazole rings is 1. The predicted octanol–water partition coefficient (Wildman–Crippen LogP) is 2.11. The van der Waals surface area contributed by atoms with Gasteiger partial charge in [-0.2, -0.15) is 0 Å². The molecule has 0 amide bonds. The van der Waals surface area contributed by atoms with Crippen LogP contribution in [0.4, 0.5) is 0 Å². The molecule has 1 atom stereocenters. The summed E-state index contributed by atoms with van der Waals surface area (Å²) in [7, 11) is 1.86. The molecule has 7 heteroatoms. The van der Waals surface area contributed by atoms with Crippen LogP contribution in [0.3, 0.4) is 0 Å². The largest absolute Gasteiger partial charge is 0.506 e. The summed E-state index contributed by atoms with van der Waals surface area (Å²) < 4.78 is 10.9. The van der Waals surface area contributed by atoms with Crippen LogP contribution in [-0.4, -0.2) is 44.6 Å². The van der Waals surface area contributed by atoms with Gasteiger partial charge >= 0.3 is 0 Å². The van der Waals surface area contributed by atoms with Crippen molar-refractivity contribution in [2.24, 2.45) is 0 Å². The number of hydrogen-bond acceptors (Lipinski definition) is 7. The first-order valence-corrected chi connectivity index (χ1v) is 7.74. The van der Waals surface area contributed by atoms with E-state index in [9.17, 15) is 10.2 Å². The van der Waals surface area contributed by atoms with Gasteiger partial charge in [0.15, 0.2) is 12.2 Å². The maximum absolute atomic E-state index is 10.2. The second-order valence-electron chi connectivity index (χ2n) is 5.77. The van der Waals surface area contributed by atoms with E-state index in [1.807, 2.05) is 11.9 Å². The van der Waals surface area contributed by atoms with Gasteiger partial charge in [-0.15, -0.1) is 0 Å². The lowest BCUT2D eigenvalue weighted by molar-refractivity contribution is -0.205. The molecule has 2 aromatic rings. The smallest absolute Gasteiger partial charge is 0.216 e. The number of hydrogen-bond donors (Lipinski definition) is 2. The third-order valence-electron chi connectivity index (χ3n) is 4.24. The Morgan fingerprint density at radius 1 is 1.35 bits per heavy atom. The summed E-state index contributed by atoms with van der Waals surface area (Å²) in [5.41, 5.74) is 1.12. The molecule has 0 spiro atoms. The van der Waals surface area contributed by atoms with Crippen LogP contribution in [0.1, 0.15) is 31.4 Å². The van der Waals surface area contributed by atoms with Crippen LogP contribution in [-0.2, 0) is 11.3 Å². The van der Waals surface area contributed by atoms with Crippen LogP contribution in [0.5, 0.6) is 5.75 Å². The van der Waals surface area contributed by atoms with E-state index in [0.29, 0.717) is 23.2 Å². The van der Waals surface area contributed by atoms with Crippen molar-refractivity contribution in [3.8, 4) is 17.1 Å². The first-order chi connectivity index (χ1) is 11.1. The van der Waals surface area contributed by atoms with Crippen molar-refractivity contribution >= 4 is 0 Å². The summed E-state index contributed by atoms with van der Waals surface area (Å²) in [6.07, 6.45) is 6.24. The molecular formula is C16H21N3O4. The van der Waals surface area contributed by atoms with Gasteiger partial charge in [-0.1, -0.05) is 12.8 Å². The molecule has 3 rings (SSSR count). The van der Waals surface area contributed by atoms with Crippen molar-refractivity contribution < 1.29 is 19.4 Å². The number of aromatic hydroxyl groups is 1. The van der Waals surface area contributed by atoms with Crippen LogP contribution < -0.4 is 0 Å². The minimum Gasteiger partial charge on any atom is -0.506 e. The quantitative estimate of drug-likeness (QED) is 0.788. The van der Waals surface area contributed by atoms with Gasteiger partial charge in [-0.25, -0.2) is 4.98 Å². The molecular weight excluding hydrogens is 298 g/mol. The highest BCUT2D eigenvalue weighted by Gasteiger charge is 2.25. The number of aliphatic hydroxyl groups excluding tert-OH is 1. The van der Waals surface area contributed by atoms with E-state index in [1.54, 1.807) is 6.07 Å². The molecule has 0 saturated heterocycles. The first-order valence-electron chi connectivity index (χ1n) is 7.74. The second kappa shape index (κ2) is 7.08. The molecule has 2 aromatic heterocycles. The molecule has 7 nitrogen and oxygen atoms in total. The summed E-state index contributed by atoms with van der Waals surface area (Å²) in [5, 5.41) is 19.5. The molecule has 2 N–H and O–H groups in total. The van der Waals surface area contributed by atoms with Gasteiger partial charge in [0.05, 0.1) is 11.9 Å². The fraction of sp³-hybridized carbons (Fsp3) is 0.500. The highest BCUT2D eigenvalue weighted by atomic mass is 16.6. The summed E-state index contributed by atoms with van der Waals surface area (Å²) >= 11 is 0. The Morgan fingerprint density at radius 3 is 2.83 bits per heavy atom. The predicted molar refractivity (Wildman–Crippen MR) is 82.2 cm³/mol. The van der Waals surface area contributed by atoms with Crippen LogP contribution in [0, 0.1) is 0 Å². The lowest BCUT2D eigenvalue weighted by Crippen LogP contribution is -2.40. The maximum Gasteiger partial charge on any atom is 0.216 e. The highest BCUT2D eigenvalue weighted by Crippen LogP contribution is 2.25. The molecule has 2 heterocycles. The third kappa shape index (κ3) is 3.69. The summed E-state index contributed by atoms with van der Waals surface area (Å²) in [6, 6.07) is 3.54. The molecule has 0 radical (unpaired) electrons. The normalized spacial score (nSPS) is 17.0. The standard InChI is InChI=1S/C16H21N3O4/c1-19(11-4-2-3-5-11)16(21)22-9-14-15(18-10-23-14)13-7-6-12(20)8-17-13/h6-8,10-11,16,20-21H,2-5,9H2,1H3. The van der Waals surface area contributed by atoms with Gasteiger partial charge in [-0.05, 0) is 32.0 Å². The lowest BCUT2D eigenvalue weighted by atomic mass is 10.2. The molecule has 124 valence electrons. The fourth-order valence-corrected chi connectivity index (χ4v) is 2.87. The van der Waals surface area contributed by atoms with Crippen molar-refractivity contribution in [2.45, 2.75) is 44.7 Å². The summed E-state index contributed by atoms with van der Waals surface area (Å²) in [6.45, 7) is 0.0934. The molecule has 0 aromatic carbocycles. The lowest BCUT2D eigenvalue weighted by Gasteiger charge is -2.28. The first kappa shape index (κ1) is 15.9. The van der Waals surface area contributed by atoms with Gasteiger partial charge in [0, 0.05) is 6.04 Å². The minimum atomic E-state index is -0.983. The zero-order valence-electron chi connectivity index (χ0n) is 13.1. The average Bonchev–Trinajstić information content (AvgIpc) is 3.24. The molecule has 0 aliphatic heterocycles. The Balaban J connectivity index is 1.62. The van der Waals surface area contributed by atoms with E-state index in [2.05, 4.69) is 9.97 Å².